The van der Waals surface area contributed by atoms with Crippen LogP contribution in [0.4, 0.5) is 0 Å². The van der Waals surface area contributed by atoms with Gasteiger partial charge in [-0.1, -0.05) is 49.2 Å². The Kier molecular flexibility index (Phi) is 7.01. The van der Waals surface area contributed by atoms with Crippen LogP contribution in [0.3, 0.4) is 0 Å². The van der Waals surface area contributed by atoms with E-state index in [4.69, 9.17) is 4.74 Å². The Labute approximate surface area is 190 Å². The number of phenols is 1. The van der Waals surface area contributed by atoms with Crippen molar-refractivity contribution in [3.05, 3.63) is 59.7 Å². The molecule has 0 radical (unpaired) electrons. The lowest BCUT2D eigenvalue weighted by atomic mass is 9.66. The fourth-order valence-corrected chi connectivity index (χ4v) is 5.39. The van der Waals surface area contributed by atoms with E-state index in [-0.39, 0.29) is 30.2 Å². The Morgan fingerprint density at radius 3 is 2.78 bits per heavy atom. The van der Waals surface area contributed by atoms with Crippen molar-refractivity contribution in [2.75, 3.05) is 19.7 Å². The predicted molar refractivity (Wildman–Crippen MR) is 123 cm³/mol. The fraction of sp³-hybridized carbons (Fsp3) is 0.500. The molecule has 2 aliphatic rings. The normalized spacial score (nSPS) is 25.7. The lowest BCUT2D eigenvalue weighted by molar-refractivity contribution is -0.138. The van der Waals surface area contributed by atoms with Crippen molar-refractivity contribution in [3.8, 4) is 11.5 Å². The minimum Gasteiger partial charge on any atom is -0.504 e. The second-order valence-corrected chi connectivity index (χ2v) is 9.04. The van der Waals surface area contributed by atoms with Gasteiger partial charge in [0.1, 0.15) is 0 Å². The van der Waals surface area contributed by atoms with Crippen molar-refractivity contribution in [3.63, 3.8) is 0 Å². The van der Waals surface area contributed by atoms with E-state index in [1.54, 1.807) is 6.07 Å². The lowest BCUT2D eigenvalue weighted by Crippen LogP contribution is -2.56. The van der Waals surface area contributed by atoms with Gasteiger partial charge in [-0.15, -0.1) is 0 Å². The summed E-state index contributed by atoms with van der Waals surface area (Å²) in [7, 11) is 0. The van der Waals surface area contributed by atoms with Gasteiger partial charge in [0.2, 0.25) is 5.91 Å². The maximum Gasteiger partial charge on any atom is 0.234 e. The topological polar surface area (TPSA) is 82.0 Å². The number of carbonyl (C=O) groups excluding carboxylic acids is 1. The summed E-state index contributed by atoms with van der Waals surface area (Å²) < 4.78 is 5.62. The number of fused-ring (bicyclic) bond motifs is 1. The van der Waals surface area contributed by atoms with E-state index in [0.29, 0.717) is 31.9 Å². The van der Waals surface area contributed by atoms with E-state index < -0.39 is 5.60 Å². The maximum atomic E-state index is 12.8. The molecule has 0 bridgehead atoms. The van der Waals surface area contributed by atoms with E-state index >= 15 is 0 Å². The van der Waals surface area contributed by atoms with Crippen LogP contribution in [-0.2, 0) is 11.3 Å². The zero-order chi connectivity index (χ0) is 22.6. The Morgan fingerprint density at radius 1 is 1.19 bits per heavy atom. The summed E-state index contributed by atoms with van der Waals surface area (Å²) in [6.07, 6.45) is 4.52. The van der Waals surface area contributed by atoms with Crippen LogP contribution < -0.4 is 10.1 Å². The van der Waals surface area contributed by atoms with Crippen molar-refractivity contribution in [2.24, 2.45) is 5.92 Å². The summed E-state index contributed by atoms with van der Waals surface area (Å²) in [6, 6.07) is 15.2. The Balaban J connectivity index is 1.56. The summed E-state index contributed by atoms with van der Waals surface area (Å²) in [5, 5.41) is 24.7. The molecule has 2 fully saturated rings. The van der Waals surface area contributed by atoms with E-state index in [2.05, 4.69) is 10.2 Å². The molecular weight excluding hydrogens is 404 g/mol. The molecule has 3 atom stereocenters. The number of nitrogens with zero attached hydrogens (tertiary/aromatic N) is 1. The van der Waals surface area contributed by atoms with Gasteiger partial charge in [-0.25, -0.2) is 0 Å². The third-order valence-corrected chi connectivity index (χ3v) is 6.98. The van der Waals surface area contributed by atoms with Gasteiger partial charge in [0, 0.05) is 25.0 Å². The van der Waals surface area contributed by atoms with Crippen LogP contribution in [0.5, 0.6) is 11.5 Å². The molecular formula is C26H34N2O4. The van der Waals surface area contributed by atoms with E-state index in [1.807, 2.05) is 49.4 Å². The molecule has 1 heterocycles. The molecule has 1 amide bonds. The number of hydrogen-bond donors (Lipinski definition) is 3. The quantitative estimate of drug-likeness (QED) is 0.613. The van der Waals surface area contributed by atoms with Crippen LogP contribution in [0.25, 0.3) is 0 Å². The predicted octanol–water partition coefficient (Wildman–Crippen LogP) is 3.78. The number of aliphatic hydroxyl groups is 1. The number of ether oxygens (including phenoxy) is 1. The smallest absolute Gasteiger partial charge is 0.234 e. The molecule has 2 aromatic rings. The zero-order valence-corrected chi connectivity index (χ0v) is 18.8. The first-order valence-electron chi connectivity index (χ1n) is 11.7. The largest absolute Gasteiger partial charge is 0.504 e. The van der Waals surface area contributed by atoms with Crippen LogP contribution in [0.2, 0.25) is 0 Å². The molecule has 1 aliphatic heterocycles. The molecule has 1 saturated heterocycles. The fourth-order valence-electron chi connectivity index (χ4n) is 5.39. The van der Waals surface area contributed by atoms with Crippen molar-refractivity contribution in [1.82, 2.24) is 10.2 Å². The van der Waals surface area contributed by atoms with Gasteiger partial charge in [-0.3, -0.25) is 9.69 Å². The standard InChI is InChI=1S/C26H34N2O4/c1-2-32-23-16-20(11-12-22(23)29)25-21-10-6-7-13-26(21,31)14-15-28(25)18-24(30)27-17-19-8-4-3-5-9-19/h3-5,8-9,11-12,16,21,25,29,31H,2,6-7,10,13-15,17-18H2,1H3,(H,27,30)/t21-,25+,26-/m0/s1. The van der Waals surface area contributed by atoms with Gasteiger partial charge >= 0.3 is 0 Å². The molecule has 0 aromatic heterocycles. The molecule has 32 heavy (non-hydrogen) atoms. The van der Waals surface area contributed by atoms with Gasteiger partial charge < -0.3 is 20.3 Å². The highest BCUT2D eigenvalue weighted by molar-refractivity contribution is 5.78. The van der Waals surface area contributed by atoms with E-state index in [1.165, 1.54) is 0 Å². The monoisotopic (exact) mass is 438 g/mol. The van der Waals surface area contributed by atoms with Gasteiger partial charge in [-0.05, 0) is 49.4 Å². The number of piperidine rings is 1. The maximum absolute atomic E-state index is 12.8. The van der Waals surface area contributed by atoms with Crippen molar-refractivity contribution < 1.29 is 19.7 Å². The Bertz CT molecular complexity index is 919. The molecule has 0 spiro atoms. The van der Waals surface area contributed by atoms with Crippen molar-refractivity contribution in [1.29, 1.82) is 0 Å². The van der Waals surface area contributed by atoms with Crippen LogP contribution in [0.15, 0.2) is 48.5 Å². The highest BCUT2D eigenvalue weighted by atomic mass is 16.5. The first kappa shape index (κ1) is 22.6. The van der Waals surface area contributed by atoms with E-state index in [0.717, 1.165) is 36.8 Å². The minimum absolute atomic E-state index is 0.0242. The number of likely N-dealkylation sites (tertiary alicyclic amines) is 1. The average molecular weight is 439 g/mol. The number of phenolic OH excluding ortho intramolecular Hbond substituents is 1. The number of hydrogen-bond acceptors (Lipinski definition) is 5. The summed E-state index contributed by atoms with van der Waals surface area (Å²) >= 11 is 0. The molecule has 1 saturated carbocycles. The molecule has 6 heteroatoms. The molecule has 3 N–H and O–H groups in total. The minimum atomic E-state index is -0.705. The van der Waals surface area contributed by atoms with Crippen molar-refractivity contribution >= 4 is 5.91 Å². The van der Waals surface area contributed by atoms with E-state index in [9.17, 15) is 15.0 Å². The summed E-state index contributed by atoms with van der Waals surface area (Å²) in [5.41, 5.74) is 1.34. The highest BCUT2D eigenvalue weighted by Gasteiger charge is 2.49. The molecule has 2 aromatic carbocycles. The Morgan fingerprint density at radius 2 is 2.00 bits per heavy atom. The van der Waals surface area contributed by atoms with Crippen molar-refractivity contribution in [2.45, 2.75) is 57.2 Å². The van der Waals surface area contributed by atoms with Gasteiger partial charge in [0.05, 0.1) is 18.8 Å². The number of nitrogens with one attached hydrogen (secondary N) is 1. The third-order valence-electron chi connectivity index (χ3n) is 6.98. The first-order chi connectivity index (χ1) is 15.5. The second kappa shape index (κ2) is 9.92. The highest BCUT2D eigenvalue weighted by Crippen LogP contribution is 2.50. The first-order valence-corrected chi connectivity index (χ1v) is 11.7. The zero-order valence-electron chi connectivity index (χ0n) is 18.8. The van der Waals surface area contributed by atoms with Gasteiger partial charge in [0.15, 0.2) is 11.5 Å². The lowest BCUT2D eigenvalue weighted by Gasteiger charge is -2.52. The molecule has 0 unspecified atom stereocenters. The number of rotatable bonds is 7. The second-order valence-electron chi connectivity index (χ2n) is 9.04. The molecule has 4 rings (SSSR count). The van der Waals surface area contributed by atoms with Crippen LogP contribution in [0, 0.1) is 5.92 Å². The van der Waals surface area contributed by atoms with Crippen LogP contribution >= 0.6 is 0 Å². The van der Waals surface area contributed by atoms with Crippen LogP contribution in [0.1, 0.15) is 56.2 Å². The number of aromatic hydroxyl groups is 1. The average Bonchev–Trinajstić information content (AvgIpc) is 2.80. The SMILES string of the molecule is CCOc1cc([C@@H]2[C@@H]3CCCC[C@]3(O)CCN2CC(=O)NCc2ccccc2)ccc1O. The number of amides is 1. The Hall–Kier alpha value is -2.57. The summed E-state index contributed by atoms with van der Waals surface area (Å²) in [5.74, 6) is 0.579. The van der Waals surface area contributed by atoms with Gasteiger partial charge in [0.25, 0.3) is 0 Å². The third kappa shape index (κ3) is 4.92. The number of carbonyl (C=O) groups is 1. The molecule has 6 nitrogen and oxygen atoms in total. The summed E-state index contributed by atoms with van der Waals surface area (Å²) in [6.45, 7) is 3.77. The van der Waals surface area contributed by atoms with Crippen LogP contribution in [-0.4, -0.2) is 46.3 Å². The summed E-state index contributed by atoms with van der Waals surface area (Å²) in [4.78, 5) is 15.0. The molecule has 172 valence electrons. The van der Waals surface area contributed by atoms with Gasteiger partial charge in [-0.2, -0.15) is 0 Å². The molecule has 1 aliphatic carbocycles. The number of benzene rings is 2.